The Bertz CT molecular complexity index is 234. The summed E-state index contributed by atoms with van der Waals surface area (Å²) in [6, 6.07) is 0. The first-order valence-corrected chi connectivity index (χ1v) is 5.50. The Kier molecular flexibility index (Phi) is 4.41. The van der Waals surface area contributed by atoms with Crippen molar-refractivity contribution in [3.8, 4) is 0 Å². The van der Waals surface area contributed by atoms with Crippen LogP contribution < -0.4 is 0 Å². The SMILES string of the molecule is COCO/C=C\CB1OC(C)(C)C(C)(C)O1. The molecule has 0 bridgehead atoms. The first-order valence-electron chi connectivity index (χ1n) is 5.50. The molecular weight excluding hydrogens is 207 g/mol. The normalized spacial score (nSPS) is 22.9. The van der Waals surface area contributed by atoms with E-state index >= 15 is 0 Å². The Labute approximate surface area is 98.0 Å². The van der Waals surface area contributed by atoms with Crippen LogP contribution in [-0.4, -0.2) is 32.2 Å². The molecule has 16 heavy (non-hydrogen) atoms. The van der Waals surface area contributed by atoms with Crippen molar-refractivity contribution in [1.29, 1.82) is 0 Å². The fourth-order valence-corrected chi connectivity index (χ4v) is 1.40. The molecule has 1 saturated heterocycles. The molecule has 0 spiro atoms. The van der Waals surface area contributed by atoms with E-state index in [0.29, 0.717) is 6.32 Å². The summed E-state index contributed by atoms with van der Waals surface area (Å²) in [6.45, 7) is 8.42. The molecule has 0 amide bonds. The van der Waals surface area contributed by atoms with Crippen molar-refractivity contribution in [3.05, 3.63) is 12.3 Å². The van der Waals surface area contributed by atoms with Crippen molar-refractivity contribution in [2.75, 3.05) is 13.9 Å². The van der Waals surface area contributed by atoms with E-state index in [1.807, 2.05) is 33.8 Å². The molecule has 0 radical (unpaired) electrons. The zero-order valence-corrected chi connectivity index (χ0v) is 10.8. The lowest BCUT2D eigenvalue weighted by atomic mass is 9.85. The Morgan fingerprint density at radius 3 is 2.19 bits per heavy atom. The van der Waals surface area contributed by atoms with Gasteiger partial charge < -0.3 is 18.8 Å². The van der Waals surface area contributed by atoms with Gasteiger partial charge in [0.15, 0.2) is 6.79 Å². The molecule has 0 aliphatic carbocycles. The predicted molar refractivity (Wildman–Crippen MR) is 63.0 cm³/mol. The minimum Gasteiger partial charge on any atom is -0.476 e. The second kappa shape index (κ2) is 5.21. The maximum absolute atomic E-state index is 5.81. The fraction of sp³-hybridized carbons (Fsp3) is 0.818. The maximum atomic E-state index is 5.81. The van der Waals surface area contributed by atoms with Gasteiger partial charge >= 0.3 is 7.12 Å². The van der Waals surface area contributed by atoms with Gasteiger partial charge in [0, 0.05) is 13.4 Å². The van der Waals surface area contributed by atoms with Gasteiger partial charge in [-0.15, -0.1) is 0 Å². The third-order valence-electron chi connectivity index (χ3n) is 3.01. The van der Waals surface area contributed by atoms with Crippen molar-refractivity contribution < 1.29 is 18.8 Å². The molecule has 1 fully saturated rings. The van der Waals surface area contributed by atoms with Crippen molar-refractivity contribution in [3.63, 3.8) is 0 Å². The highest BCUT2D eigenvalue weighted by Crippen LogP contribution is 2.37. The number of rotatable bonds is 5. The van der Waals surface area contributed by atoms with Gasteiger partial charge in [-0.25, -0.2) is 0 Å². The zero-order valence-electron chi connectivity index (χ0n) is 10.8. The third-order valence-corrected chi connectivity index (χ3v) is 3.01. The average Bonchev–Trinajstić information content (AvgIpc) is 2.35. The van der Waals surface area contributed by atoms with Crippen molar-refractivity contribution in [2.24, 2.45) is 0 Å². The van der Waals surface area contributed by atoms with E-state index in [4.69, 9.17) is 18.8 Å². The van der Waals surface area contributed by atoms with E-state index in [1.54, 1.807) is 13.4 Å². The first kappa shape index (κ1) is 13.5. The number of hydrogen-bond acceptors (Lipinski definition) is 4. The summed E-state index contributed by atoms with van der Waals surface area (Å²) in [5.74, 6) is 0. The van der Waals surface area contributed by atoms with Crippen LogP contribution in [0.5, 0.6) is 0 Å². The molecule has 1 heterocycles. The minimum atomic E-state index is -0.265. The maximum Gasteiger partial charge on any atom is 0.461 e. The van der Waals surface area contributed by atoms with Gasteiger partial charge in [0.25, 0.3) is 0 Å². The number of hydrogen-bond donors (Lipinski definition) is 0. The van der Waals surface area contributed by atoms with Crippen LogP contribution in [0.25, 0.3) is 0 Å². The highest BCUT2D eigenvalue weighted by molar-refractivity contribution is 6.46. The molecule has 0 aromatic heterocycles. The van der Waals surface area contributed by atoms with Crippen LogP contribution in [0.15, 0.2) is 12.3 Å². The quantitative estimate of drug-likeness (QED) is 0.313. The van der Waals surface area contributed by atoms with Crippen LogP contribution in [0.1, 0.15) is 27.7 Å². The van der Waals surface area contributed by atoms with Crippen molar-refractivity contribution in [2.45, 2.75) is 45.2 Å². The van der Waals surface area contributed by atoms with E-state index in [0.717, 1.165) is 0 Å². The Hall–Kier alpha value is -0.515. The van der Waals surface area contributed by atoms with E-state index in [9.17, 15) is 0 Å². The molecule has 0 N–H and O–H groups in total. The minimum absolute atomic E-state index is 0.201. The van der Waals surface area contributed by atoms with Crippen molar-refractivity contribution in [1.82, 2.24) is 0 Å². The molecule has 0 unspecified atom stereocenters. The first-order chi connectivity index (χ1) is 7.39. The molecule has 1 rings (SSSR count). The molecule has 5 heteroatoms. The standard InChI is InChI=1S/C11H21BO4/c1-10(2)11(3,4)16-12(15-10)7-6-8-14-9-13-5/h6,8H,7,9H2,1-5H3/b8-6-. The van der Waals surface area contributed by atoms with Gasteiger partial charge in [-0.05, 0) is 27.7 Å². The second-order valence-corrected chi connectivity index (χ2v) is 4.87. The average molecular weight is 228 g/mol. The lowest BCUT2D eigenvalue weighted by molar-refractivity contribution is 0.00578. The van der Waals surface area contributed by atoms with E-state index in [2.05, 4.69) is 0 Å². The largest absolute Gasteiger partial charge is 0.476 e. The predicted octanol–water partition coefficient (Wildman–Crippen LogP) is 2.21. The summed E-state index contributed by atoms with van der Waals surface area (Å²) in [7, 11) is 1.38. The highest BCUT2D eigenvalue weighted by Gasteiger charge is 2.50. The second-order valence-electron chi connectivity index (χ2n) is 4.87. The molecule has 4 nitrogen and oxygen atoms in total. The molecule has 0 atom stereocenters. The monoisotopic (exact) mass is 228 g/mol. The summed E-state index contributed by atoms with van der Waals surface area (Å²) in [6.07, 6.45) is 4.16. The smallest absolute Gasteiger partial charge is 0.461 e. The Morgan fingerprint density at radius 1 is 1.12 bits per heavy atom. The Balaban J connectivity index is 2.34. The summed E-state index contributed by atoms with van der Waals surface area (Å²) in [5, 5.41) is 0. The lowest BCUT2D eigenvalue weighted by Crippen LogP contribution is -2.41. The molecule has 1 aliphatic rings. The topological polar surface area (TPSA) is 36.9 Å². The van der Waals surface area contributed by atoms with Gasteiger partial charge in [0.05, 0.1) is 17.5 Å². The van der Waals surface area contributed by atoms with E-state index < -0.39 is 0 Å². The van der Waals surface area contributed by atoms with E-state index in [1.165, 1.54) is 0 Å². The van der Waals surface area contributed by atoms with Gasteiger partial charge in [-0.1, -0.05) is 6.08 Å². The molecule has 1 aliphatic heterocycles. The van der Waals surface area contributed by atoms with Gasteiger partial charge in [0.1, 0.15) is 0 Å². The van der Waals surface area contributed by atoms with Crippen LogP contribution in [0.4, 0.5) is 0 Å². The number of ether oxygens (including phenoxy) is 2. The number of allylic oxidation sites excluding steroid dienone is 1. The van der Waals surface area contributed by atoms with Crippen LogP contribution in [0.2, 0.25) is 6.32 Å². The van der Waals surface area contributed by atoms with Crippen LogP contribution in [0, 0.1) is 0 Å². The lowest BCUT2D eigenvalue weighted by Gasteiger charge is -2.32. The van der Waals surface area contributed by atoms with Gasteiger partial charge in [0.2, 0.25) is 0 Å². The summed E-state index contributed by atoms with van der Waals surface area (Å²) in [4.78, 5) is 0. The third kappa shape index (κ3) is 3.24. The van der Waals surface area contributed by atoms with Crippen LogP contribution >= 0.6 is 0 Å². The summed E-state index contributed by atoms with van der Waals surface area (Å²) in [5.41, 5.74) is -0.530. The fourth-order valence-electron chi connectivity index (χ4n) is 1.40. The molecule has 0 aromatic rings. The molecule has 0 aromatic carbocycles. The van der Waals surface area contributed by atoms with Gasteiger partial charge in [-0.3, -0.25) is 0 Å². The van der Waals surface area contributed by atoms with Gasteiger partial charge in [-0.2, -0.15) is 0 Å². The molecule has 92 valence electrons. The zero-order chi connectivity index (χ0) is 12.2. The molecule has 0 saturated carbocycles. The van der Waals surface area contributed by atoms with Crippen LogP contribution in [0.3, 0.4) is 0 Å². The highest BCUT2D eigenvalue weighted by atomic mass is 16.7. The number of methoxy groups -OCH3 is 1. The Morgan fingerprint density at radius 2 is 1.69 bits per heavy atom. The summed E-state index contributed by atoms with van der Waals surface area (Å²) < 4.78 is 21.4. The summed E-state index contributed by atoms with van der Waals surface area (Å²) >= 11 is 0. The molecular formula is C11H21BO4. The van der Waals surface area contributed by atoms with Crippen LogP contribution in [-0.2, 0) is 18.8 Å². The van der Waals surface area contributed by atoms with E-state index in [-0.39, 0.29) is 25.1 Å². The van der Waals surface area contributed by atoms with Crippen molar-refractivity contribution >= 4 is 7.12 Å².